The summed E-state index contributed by atoms with van der Waals surface area (Å²) in [5.41, 5.74) is 1.16. The fourth-order valence-electron chi connectivity index (χ4n) is 3.77. The first-order valence-corrected chi connectivity index (χ1v) is 7.18. The molecular weight excluding hydrogens is 238 g/mol. The van der Waals surface area contributed by atoms with Crippen molar-refractivity contribution in [3.05, 3.63) is 35.9 Å². The second kappa shape index (κ2) is 4.89. The van der Waals surface area contributed by atoms with Gasteiger partial charge in [0.15, 0.2) is 0 Å². The first-order chi connectivity index (χ1) is 9.10. The van der Waals surface area contributed by atoms with Gasteiger partial charge in [0.05, 0.1) is 12.2 Å². The summed E-state index contributed by atoms with van der Waals surface area (Å²) < 4.78 is 5.79. The Kier molecular flexibility index (Phi) is 3.37. The zero-order chi connectivity index (χ0) is 13.5. The Balaban J connectivity index is 1.58. The molecule has 104 valence electrons. The quantitative estimate of drug-likeness (QED) is 0.872. The fourth-order valence-corrected chi connectivity index (χ4v) is 3.77. The highest BCUT2D eigenvalue weighted by Gasteiger charge is 2.58. The van der Waals surface area contributed by atoms with E-state index in [1.54, 1.807) is 0 Å². The summed E-state index contributed by atoms with van der Waals surface area (Å²) in [5, 5.41) is 13.8. The SMILES string of the molecule is CC1(C)C(NCC(O)c2ccccc2)C2CCOC21. The van der Waals surface area contributed by atoms with E-state index in [-0.39, 0.29) is 5.41 Å². The highest BCUT2D eigenvalue weighted by molar-refractivity contribution is 5.18. The number of ether oxygens (including phenoxy) is 1. The predicted octanol–water partition coefficient (Wildman–Crippen LogP) is 2.12. The number of aliphatic hydroxyl groups excluding tert-OH is 1. The minimum atomic E-state index is -0.432. The van der Waals surface area contributed by atoms with E-state index < -0.39 is 6.10 Å². The van der Waals surface area contributed by atoms with Crippen molar-refractivity contribution in [3.63, 3.8) is 0 Å². The van der Waals surface area contributed by atoms with Crippen LogP contribution in [0.15, 0.2) is 30.3 Å². The average molecular weight is 261 g/mol. The van der Waals surface area contributed by atoms with Gasteiger partial charge in [-0.15, -0.1) is 0 Å². The van der Waals surface area contributed by atoms with Crippen LogP contribution in [0.1, 0.15) is 31.9 Å². The van der Waals surface area contributed by atoms with E-state index in [1.165, 1.54) is 0 Å². The highest BCUT2D eigenvalue weighted by Crippen LogP contribution is 2.52. The van der Waals surface area contributed by atoms with Crippen LogP contribution in [-0.2, 0) is 4.74 Å². The van der Waals surface area contributed by atoms with Crippen LogP contribution in [0.4, 0.5) is 0 Å². The van der Waals surface area contributed by atoms with Gasteiger partial charge in [-0.3, -0.25) is 0 Å². The van der Waals surface area contributed by atoms with Crippen molar-refractivity contribution in [1.29, 1.82) is 0 Å². The third-order valence-corrected chi connectivity index (χ3v) is 4.82. The van der Waals surface area contributed by atoms with Crippen molar-refractivity contribution in [3.8, 4) is 0 Å². The van der Waals surface area contributed by atoms with Gasteiger partial charge < -0.3 is 15.2 Å². The molecule has 3 heteroatoms. The number of nitrogens with one attached hydrogen (secondary N) is 1. The molecule has 1 saturated heterocycles. The smallest absolute Gasteiger partial charge is 0.0914 e. The van der Waals surface area contributed by atoms with Crippen molar-refractivity contribution in [2.45, 2.75) is 38.5 Å². The van der Waals surface area contributed by atoms with Crippen LogP contribution in [0.3, 0.4) is 0 Å². The minimum absolute atomic E-state index is 0.178. The van der Waals surface area contributed by atoms with Gasteiger partial charge in [-0.1, -0.05) is 44.2 Å². The van der Waals surface area contributed by atoms with Crippen molar-refractivity contribution in [1.82, 2.24) is 5.32 Å². The van der Waals surface area contributed by atoms with E-state index in [0.717, 1.165) is 18.6 Å². The van der Waals surface area contributed by atoms with Crippen molar-refractivity contribution in [2.75, 3.05) is 13.2 Å². The maximum Gasteiger partial charge on any atom is 0.0914 e. The van der Waals surface area contributed by atoms with Gasteiger partial charge in [0.1, 0.15) is 0 Å². The van der Waals surface area contributed by atoms with Gasteiger partial charge in [-0.25, -0.2) is 0 Å². The number of aliphatic hydroxyl groups is 1. The summed E-state index contributed by atoms with van der Waals surface area (Å²) in [6.07, 6.45) is 1.12. The van der Waals surface area contributed by atoms with Crippen molar-refractivity contribution < 1.29 is 9.84 Å². The number of rotatable bonds is 4. The minimum Gasteiger partial charge on any atom is -0.387 e. The molecule has 1 aliphatic carbocycles. The molecule has 1 aromatic carbocycles. The van der Waals surface area contributed by atoms with E-state index >= 15 is 0 Å². The molecule has 3 rings (SSSR count). The number of hydrogen-bond acceptors (Lipinski definition) is 3. The van der Waals surface area contributed by atoms with Crippen molar-refractivity contribution >= 4 is 0 Å². The molecule has 4 atom stereocenters. The fraction of sp³-hybridized carbons (Fsp3) is 0.625. The molecule has 0 aromatic heterocycles. The van der Waals surface area contributed by atoms with Crippen LogP contribution in [0, 0.1) is 11.3 Å². The van der Waals surface area contributed by atoms with Gasteiger partial charge in [-0.2, -0.15) is 0 Å². The lowest BCUT2D eigenvalue weighted by molar-refractivity contribution is -0.114. The lowest BCUT2D eigenvalue weighted by Gasteiger charge is -2.55. The predicted molar refractivity (Wildman–Crippen MR) is 74.8 cm³/mol. The molecule has 0 radical (unpaired) electrons. The van der Waals surface area contributed by atoms with E-state index in [4.69, 9.17) is 4.74 Å². The van der Waals surface area contributed by atoms with E-state index in [9.17, 15) is 5.11 Å². The topological polar surface area (TPSA) is 41.5 Å². The monoisotopic (exact) mass is 261 g/mol. The summed E-state index contributed by atoms with van der Waals surface area (Å²) in [6, 6.07) is 10.3. The summed E-state index contributed by atoms with van der Waals surface area (Å²) in [6.45, 7) is 6.01. The number of hydrogen-bond donors (Lipinski definition) is 2. The largest absolute Gasteiger partial charge is 0.387 e. The molecule has 0 amide bonds. The molecule has 0 spiro atoms. The Morgan fingerprint density at radius 2 is 2.11 bits per heavy atom. The second-order valence-corrected chi connectivity index (χ2v) is 6.38. The van der Waals surface area contributed by atoms with Crippen LogP contribution in [0.5, 0.6) is 0 Å². The normalized spacial score (nSPS) is 33.5. The van der Waals surface area contributed by atoms with E-state index in [1.807, 2.05) is 30.3 Å². The third kappa shape index (κ3) is 2.20. The summed E-state index contributed by atoms with van der Waals surface area (Å²) in [4.78, 5) is 0. The van der Waals surface area contributed by atoms with Crippen LogP contribution in [0.2, 0.25) is 0 Å². The van der Waals surface area contributed by atoms with Gasteiger partial charge in [0.2, 0.25) is 0 Å². The Morgan fingerprint density at radius 1 is 1.37 bits per heavy atom. The molecule has 0 bridgehead atoms. The number of fused-ring (bicyclic) bond motifs is 1. The molecule has 2 fully saturated rings. The Hall–Kier alpha value is -0.900. The number of benzene rings is 1. The van der Waals surface area contributed by atoms with E-state index in [2.05, 4.69) is 19.2 Å². The molecule has 19 heavy (non-hydrogen) atoms. The third-order valence-electron chi connectivity index (χ3n) is 4.82. The lowest BCUT2D eigenvalue weighted by Crippen LogP contribution is -2.66. The zero-order valence-corrected chi connectivity index (χ0v) is 11.7. The molecule has 2 N–H and O–H groups in total. The van der Waals surface area contributed by atoms with Gasteiger partial charge >= 0.3 is 0 Å². The van der Waals surface area contributed by atoms with Gasteiger partial charge in [0, 0.05) is 30.5 Å². The van der Waals surface area contributed by atoms with Crippen LogP contribution < -0.4 is 5.32 Å². The molecular formula is C16H23NO2. The molecule has 4 unspecified atom stereocenters. The maximum absolute atomic E-state index is 10.2. The van der Waals surface area contributed by atoms with Gasteiger partial charge in [-0.05, 0) is 12.0 Å². The Bertz CT molecular complexity index is 432. The molecule has 3 nitrogen and oxygen atoms in total. The van der Waals surface area contributed by atoms with Crippen LogP contribution in [-0.4, -0.2) is 30.4 Å². The first kappa shape index (κ1) is 13.1. The summed E-state index contributed by atoms with van der Waals surface area (Å²) >= 11 is 0. The van der Waals surface area contributed by atoms with Crippen LogP contribution >= 0.6 is 0 Å². The maximum atomic E-state index is 10.2. The van der Waals surface area contributed by atoms with Crippen molar-refractivity contribution in [2.24, 2.45) is 11.3 Å². The van der Waals surface area contributed by atoms with E-state index in [0.29, 0.717) is 24.6 Å². The molecule has 1 heterocycles. The Morgan fingerprint density at radius 3 is 2.84 bits per heavy atom. The lowest BCUT2D eigenvalue weighted by atomic mass is 9.57. The molecule has 1 aromatic rings. The summed E-state index contributed by atoms with van der Waals surface area (Å²) in [5.74, 6) is 0.623. The highest BCUT2D eigenvalue weighted by atomic mass is 16.5. The molecule has 2 aliphatic rings. The average Bonchev–Trinajstić information content (AvgIpc) is 2.86. The second-order valence-electron chi connectivity index (χ2n) is 6.38. The van der Waals surface area contributed by atoms with Crippen LogP contribution in [0.25, 0.3) is 0 Å². The summed E-state index contributed by atoms with van der Waals surface area (Å²) in [7, 11) is 0. The first-order valence-electron chi connectivity index (χ1n) is 7.18. The molecule has 1 aliphatic heterocycles. The standard InChI is InChI=1S/C16H23NO2/c1-16(2)14(12-8-9-19-15(12)16)17-10-13(18)11-6-4-3-5-7-11/h3-7,12-15,17-18H,8-10H2,1-2H3. The Labute approximate surface area is 115 Å². The molecule has 1 saturated carbocycles. The van der Waals surface area contributed by atoms with Gasteiger partial charge in [0.25, 0.3) is 0 Å². The zero-order valence-electron chi connectivity index (χ0n) is 11.7.